The average Bonchev–Trinajstić information content (AvgIpc) is 2.25. The van der Waals surface area contributed by atoms with Crippen molar-refractivity contribution >= 4 is 11.8 Å². The summed E-state index contributed by atoms with van der Waals surface area (Å²) in [5, 5.41) is 0. The molecule has 1 atom stereocenters. The van der Waals surface area contributed by atoms with E-state index in [9.17, 15) is 9.59 Å². The number of amides is 2. The third-order valence-corrected chi connectivity index (χ3v) is 2.67. The van der Waals surface area contributed by atoms with Crippen molar-refractivity contribution in [1.82, 2.24) is 4.90 Å². The van der Waals surface area contributed by atoms with Crippen LogP contribution in [0.1, 0.15) is 33.6 Å². The highest BCUT2D eigenvalue weighted by Gasteiger charge is 2.41. The Hall–Kier alpha value is -1.06. The van der Waals surface area contributed by atoms with E-state index in [1.807, 2.05) is 13.8 Å². The first kappa shape index (κ1) is 10.0. The summed E-state index contributed by atoms with van der Waals surface area (Å²) < 4.78 is 0. The van der Waals surface area contributed by atoms with Crippen LogP contribution in [0, 0.1) is 0 Å². The van der Waals surface area contributed by atoms with Gasteiger partial charge in [0, 0.05) is 12.0 Å². The van der Waals surface area contributed by atoms with Crippen molar-refractivity contribution < 1.29 is 9.59 Å². The maximum Gasteiger partial charge on any atom is 0.239 e. The maximum absolute atomic E-state index is 11.5. The van der Waals surface area contributed by atoms with Gasteiger partial charge in [0.2, 0.25) is 11.8 Å². The molecule has 0 saturated carbocycles. The molecule has 2 N–H and O–H groups in total. The molecule has 1 aliphatic heterocycles. The van der Waals surface area contributed by atoms with Crippen molar-refractivity contribution in [2.45, 2.75) is 45.2 Å². The first-order chi connectivity index (χ1) is 5.86. The van der Waals surface area contributed by atoms with E-state index in [1.54, 1.807) is 11.8 Å². The van der Waals surface area contributed by atoms with Gasteiger partial charge in [-0.2, -0.15) is 0 Å². The number of carbonyl (C=O) groups excluding carboxylic acids is 2. The number of nitrogens with zero attached hydrogens (tertiary/aromatic N) is 1. The molecule has 0 aliphatic carbocycles. The lowest BCUT2D eigenvalue weighted by Gasteiger charge is -2.35. The van der Waals surface area contributed by atoms with E-state index in [0.29, 0.717) is 6.42 Å². The zero-order valence-electron chi connectivity index (χ0n) is 8.33. The molecule has 0 bridgehead atoms. The lowest BCUT2D eigenvalue weighted by Crippen LogP contribution is -2.51. The summed E-state index contributed by atoms with van der Waals surface area (Å²) in [6, 6.07) is -0.495. The third-order valence-electron chi connectivity index (χ3n) is 2.67. The topological polar surface area (TPSA) is 63.4 Å². The van der Waals surface area contributed by atoms with Crippen LogP contribution in [0.4, 0.5) is 0 Å². The van der Waals surface area contributed by atoms with Crippen LogP contribution in [0.5, 0.6) is 0 Å². The number of hydrogen-bond donors (Lipinski definition) is 1. The Bertz CT molecular complexity index is 248. The van der Waals surface area contributed by atoms with E-state index < -0.39 is 11.9 Å². The van der Waals surface area contributed by atoms with Gasteiger partial charge < -0.3 is 10.6 Å². The first-order valence-electron chi connectivity index (χ1n) is 4.48. The second-order valence-electron chi connectivity index (χ2n) is 4.15. The van der Waals surface area contributed by atoms with Gasteiger partial charge in [-0.15, -0.1) is 0 Å². The Morgan fingerprint density at radius 3 is 2.46 bits per heavy atom. The van der Waals surface area contributed by atoms with Gasteiger partial charge in [-0.1, -0.05) is 0 Å². The quantitative estimate of drug-likeness (QED) is 0.669. The predicted molar refractivity (Wildman–Crippen MR) is 48.8 cm³/mol. The predicted octanol–water partition coefficient (Wildman–Crippen LogP) is 0.261. The van der Waals surface area contributed by atoms with Crippen molar-refractivity contribution in [2.75, 3.05) is 0 Å². The summed E-state index contributed by atoms with van der Waals surface area (Å²) in [5.74, 6) is -0.417. The zero-order chi connectivity index (χ0) is 10.2. The molecule has 2 amide bonds. The number of rotatable bonds is 2. The summed E-state index contributed by atoms with van der Waals surface area (Å²) >= 11 is 0. The van der Waals surface area contributed by atoms with Gasteiger partial charge in [-0.3, -0.25) is 9.59 Å². The zero-order valence-corrected chi connectivity index (χ0v) is 8.33. The normalized spacial score (nSPS) is 23.3. The standard InChI is InChI=1S/C9H16N2O2/c1-6(8(10)13)11-7(12)4-5-9(11,2)3/h6H,4-5H2,1-3H3,(H2,10,13). The van der Waals surface area contributed by atoms with E-state index in [2.05, 4.69) is 0 Å². The smallest absolute Gasteiger partial charge is 0.239 e. The first-order valence-corrected chi connectivity index (χ1v) is 4.48. The van der Waals surface area contributed by atoms with Gasteiger partial charge in [-0.25, -0.2) is 0 Å². The van der Waals surface area contributed by atoms with Crippen LogP contribution in [0.3, 0.4) is 0 Å². The molecule has 0 spiro atoms. The summed E-state index contributed by atoms with van der Waals surface area (Å²) in [6.45, 7) is 5.59. The minimum Gasteiger partial charge on any atom is -0.368 e. The second-order valence-corrected chi connectivity index (χ2v) is 4.15. The van der Waals surface area contributed by atoms with E-state index in [0.717, 1.165) is 6.42 Å². The molecule has 4 heteroatoms. The van der Waals surface area contributed by atoms with Crippen LogP contribution >= 0.6 is 0 Å². The average molecular weight is 184 g/mol. The third kappa shape index (κ3) is 1.66. The highest BCUT2D eigenvalue weighted by molar-refractivity contribution is 5.88. The number of carbonyl (C=O) groups is 2. The summed E-state index contributed by atoms with van der Waals surface area (Å²) in [4.78, 5) is 24.0. The molecule has 0 aromatic rings. The molecule has 13 heavy (non-hydrogen) atoms. The Morgan fingerprint density at radius 1 is 1.62 bits per heavy atom. The van der Waals surface area contributed by atoms with E-state index >= 15 is 0 Å². The number of primary amides is 1. The molecular formula is C9H16N2O2. The molecule has 0 radical (unpaired) electrons. The maximum atomic E-state index is 11.5. The van der Waals surface area contributed by atoms with Gasteiger partial charge in [0.25, 0.3) is 0 Å². The van der Waals surface area contributed by atoms with Crippen LogP contribution in [-0.2, 0) is 9.59 Å². The molecule has 1 unspecified atom stereocenters. The summed E-state index contributed by atoms with van der Waals surface area (Å²) in [6.07, 6.45) is 1.31. The van der Waals surface area contributed by atoms with Crippen LogP contribution in [-0.4, -0.2) is 28.3 Å². The van der Waals surface area contributed by atoms with Crippen LogP contribution < -0.4 is 5.73 Å². The monoisotopic (exact) mass is 184 g/mol. The van der Waals surface area contributed by atoms with Gasteiger partial charge in [0.1, 0.15) is 6.04 Å². The minimum atomic E-state index is -0.495. The summed E-state index contributed by atoms with van der Waals surface area (Å²) in [5.41, 5.74) is 4.94. The molecule has 4 nitrogen and oxygen atoms in total. The lowest BCUT2D eigenvalue weighted by atomic mass is 10.0. The molecule has 1 aliphatic rings. The van der Waals surface area contributed by atoms with Crippen molar-refractivity contribution in [3.8, 4) is 0 Å². The molecule has 1 saturated heterocycles. The number of nitrogens with two attached hydrogens (primary N) is 1. The Kier molecular flexibility index (Phi) is 2.32. The van der Waals surface area contributed by atoms with Crippen LogP contribution in [0.25, 0.3) is 0 Å². The Morgan fingerprint density at radius 2 is 2.15 bits per heavy atom. The summed E-state index contributed by atoms with van der Waals surface area (Å²) in [7, 11) is 0. The van der Waals surface area contributed by atoms with Crippen LogP contribution in [0.2, 0.25) is 0 Å². The van der Waals surface area contributed by atoms with Crippen molar-refractivity contribution in [3.05, 3.63) is 0 Å². The molecule has 1 fully saturated rings. The van der Waals surface area contributed by atoms with Gasteiger partial charge >= 0.3 is 0 Å². The lowest BCUT2D eigenvalue weighted by molar-refractivity contribution is -0.139. The van der Waals surface area contributed by atoms with Crippen molar-refractivity contribution in [1.29, 1.82) is 0 Å². The molecular weight excluding hydrogens is 168 g/mol. The minimum absolute atomic E-state index is 0.0244. The van der Waals surface area contributed by atoms with Gasteiger partial charge in [0.05, 0.1) is 0 Å². The highest BCUT2D eigenvalue weighted by atomic mass is 16.2. The SMILES string of the molecule is CC(C(N)=O)N1C(=O)CCC1(C)C. The molecule has 0 aromatic heterocycles. The van der Waals surface area contributed by atoms with Gasteiger partial charge in [0.15, 0.2) is 0 Å². The van der Waals surface area contributed by atoms with Crippen LogP contribution in [0.15, 0.2) is 0 Å². The highest BCUT2D eigenvalue weighted by Crippen LogP contribution is 2.30. The fourth-order valence-corrected chi connectivity index (χ4v) is 1.86. The van der Waals surface area contributed by atoms with Gasteiger partial charge in [-0.05, 0) is 27.2 Å². The van der Waals surface area contributed by atoms with E-state index in [1.165, 1.54) is 0 Å². The largest absolute Gasteiger partial charge is 0.368 e. The molecule has 1 heterocycles. The number of hydrogen-bond acceptors (Lipinski definition) is 2. The molecule has 74 valence electrons. The Labute approximate surface area is 78.1 Å². The fourth-order valence-electron chi connectivity index (χ4n) is 1.86. The molecule has 0 aromatic carbocycles. The molecule has 1 rings (SSSR count). The van der Waals surface area contributed by atoms with E-state index in [-0.39, 0.29) is 11.4 Å². The Balaban J connectivity index is 2.88. The fraction of sp³-hybridized carbons (Fsp3) is 0.778. The van der Waals surface area contributed by atoms with Crippen molar-refractivity contribution in [3.63, 3.8) is 0 Å². The number of likely N-dealkylation sites (tertiary alicyclic amines) is 1. The van der Waals surface area contributed by atoms with E-state index in [4.69, 9.17) is 5.73 Å². The van der Waals surface area contributed by atoms with Crippen molar-refractivity contribution in [2.24, 2.45) is 5.73 Å². The second kappa shape index (κ2) is 3.01.